The molecule has 0 aliphatic heterocycles. The summed E-state index contributed by atoms with van der Waals surface area (Å²) in [6.45, 7) is 1.88. The molecule has 172 valence electrons. The van der Waals surface area contributed by atoms with E-state index in [-0.39, 0.29) is 22.9 Å². The van der Waals surface area contributed by atoms with E-state index in [0.717, 1.165) is 24.8 Å². The molecule has 0 aliphatic carbocycles. The van der Waals surface area contributed by atoms with Crippen molar-refractivity contribution in [1.82, 2.24) is 5.32 Å². The van der Waals surface area contributed by atoms with Crippen LogP contribution < -0.4 is 15.4 Å². The number of benzene rings is 3. The van der Waals surface area contributed by atoms with E-state index in [4.69, 9.17) is 0 Å². The minimum atomic E-state index is -3.88. The maximum atomic E-state index is 12.8. The minimum Gasteiger partial charge on any atom is -0.343 e. The number of anilines is 2. The molecule has 0 bridgehead atoms. The molecule has 0 atom stereocenters. The molecule has 0 aliphatic rings. The first-order valence-electron chi connectivity index (χ1n) is 10.7. The molecule has 0 fully saturated rings. The van der Waals surface area contributed by atoms with Gasteiger partial charge in [-0.2, -0.15) is 0 Å². The lowest BCUT2D eigenvalue weighted by molar-refractivity contribution is -0.115. The Kier molecular flexibility index (Phi) is 8.21. The highest BCUT2D eigenvalue weighted by molar-refractivity contribution is 7.92. The van der Waals surface area contributed by atoms with Crippen LogP contribution in [0, 0.1) is 0 Å². The number of para-hydroxylation sites is 1. The molecule has 3 aromatic carbocycles. The Morgan fingerprint density at radius 3 is 2.27 bits per heavy atom. The predicted molar refractivity (Wildman–Crippen MR) is 130 cm³/mol. The summed E-state index contributed by atoms with van der Waals surface area (Å²) in [5.41, 5.74) is 2.35. The summed E-state index contributed by atoms with van der Waals surface area (Å²) < 4.78 is 28.1. The van der Waals surface area contributed by atoms with E-state index < -0.39 is 15.9 Å². The van der Waals surface area contributed by atoms with Crippen molar-refractivity contribution in [3.05, 3.63) is 90.0 Å². The summed E-state index contributed by atoms with van der Waals surface area (Å²) >= 11 is 0. The van der Waals surface area contributed by atoms with E-state index >= 15 is 0 Å². The van der Waals surface area contributed by atoms with Crippen molar-refractivity contribution < 1.29 is 18.0 Å². The Bertz CT molecular complexity index is 1190. The molecule has 0 saturated heterocycles. The quantitative estimate of drug-likeness (QED) is 0.417. The maximum Gasteiger partial charge on any atom is 0.261 e. The van der Waals surface area contributed by atoms with Crippen LogP contribution in [0.2, 0.25) is 0 Å². The Labute approximate surface area is 194 Å². The second-order valence-electron chi connectivity index (χ2n) is 7.53. The maximum absolute atomic E-state index is 12.8. The largest absolute Gasteiger partial charge is 0.343 e. The smallest absolute Gasteiger partial charge is 0.261 e. The number of sulfonamides is 1. The summed E-state index contributed by atoms with van der Waals surface area (Å²) in [5, 5.41) is 5.17. The van der Waals surface area contributed by atoms with Gasteiger partial charge in [0.15, 0.2) is 0 Å². The molecule has 0 aromatic heterocycles. The van der Waals surface area contributed by atoms with Gasteiger partial charge >= 0.3 is 0 Å². The van der Waals surface area contributed by atoms with Crippen LogP contribution in [0.15, 0.2) is 83.8 Å². The molecule has 3 N–H and O–H groups in total. The lowest BCUT2D eigenvalue weighted by Crippen LogP contribution is -2.33. The van der Waals surface area contributed by atoms with E-state index in [1.54, 1.807) is 36.4 Å². The number of carbonyl (C=O) groups is 2. The highest BCUT2D eigenvalue weighted by atomic mass is 32.2. The third-order valence-electron chi connectivity index (χ3n) is 4.90. The van der Waals surface area contributed by atoms with Crippen molar-refractivity contribution in [2.45, 2.75) is 31.1 Å². The fourth-order valence-electron chi connectivity index (χ4n) is 3.13. The van der Waals surface area contributed by atoms with Crippen LogP contribution >= 0.6 is 0 Å². The Morgan fingerprint density at radius 1 is 0.848 bits per heavy atom. The fraction of sp³-hybridized carbons (Fsp3) is 0.200. The first-order chi connectivity index (χ1) is 15.9. The summed E-state index contributed by atoms with van der Waals surface area (Å²) in [7, 11) is -3.88. The van der Waals surface area contributed by atoms with Crippen LogP contribution in [-0.4, -0.2) is 26.8 Å². The molecule has 8 heteroatoms. The molecular weight excluding hydrogens is 438 g/mol. The van der Waals surface area contributed by atoms with Crippen LogP contribution in [-0.2, 0) is 21.2 Å². The zero-order valence-electron chi connectivity index (χ0n) is 18.4. The highest BCUT2D eigenvalue weighted by Crippen LogP contribution is 2.18. The minimum absolute atomic E-state index is 0.0426. The number of unbranched alkanes of at least 4 members (excludes halogenated alkanes) is 1. The third kappa shape index (κ3) is 7.18. The summed E-state index contributed by atoms with van der Waals surface area (Å²) in [5.74, 6) is -0.932. The third-order valence-corrected chi connectivity index (χ3v) is 6.28. The van der Waals surface area contributed by atoms with E-state index in [2.05, 4.69) is 22.3 Å². The SMILES string of the molecule is CCCCc1ccc(NS(=O)(=O)c2cccc(C(=O)NCC(=O)Nc3ccccc3)c2)cc1. The van der Waals surface area contributed by atoms with Gasteiger partial charge in [0.1, 0.15) is 0 Å². The van der Waals surface area contributed by atoms with Crippen molar-refractivity contribution in [1.29, 1.82) is 0 Å². The Balaban J connectivity index is 1.61. The topological polar surface area (TPSA) is 104 Å². The highest BCUT2D eigenvalue weighted by Gasteiger charge is 2.17. The van der Waals surface area contributed by atoms with E-state index in [1.165, 1.54) is 24.3 Å². The van der Waals surface area contributed by atoms with E-state index in [0.29, 0.717) is 11.4 Å². The number of amides is 2. The Hall–Kier alpha value is -3.65. The first kappa shape index (κ1) is 24.0. The van der Waals surface area contributed by atoms with Crippen LogP contribution in [0.3, 0.4) is 0 Å². The molecule has 7 nitrogen and oxygen atoms in total. The lowest BCUT2D eigenvalue weighted by Gasteiger charge is -2.11. The van der Waals surface area contributed by atoms with Gasteiger partial charge in [-0.1, -0.05) is 49.7 Å². The molecule has 3 rings (SSSR count). The zero-order chi connectivity index (χ0) is 23.7. The van der Waals surface area contributed by atoms with Crippen LogP contribution in [0.4, 0.5) is 11.4 Å². The van der Waals surface area contributed by atoms with Crippen molar-refractivity contribution in [3.8, 4) is 0 Å². The molecule has 33 heavy (non-hydrogen) atoms. The number of carbonyl (C=O) groups excluding carboxylic acids is 2. The predicted octanol–water partition coefficient (Wildman–Crippen LogP) is 4.20. The summed E-state index contributed by atoms with van der Waals surface area (Å²) in [6, 6.07) is 21.8. The van der Waals surface area contributed by atoms with Crippen molar-refractivity contribution in [2.75, 3.05) is 16.6 Å². The normalized spacial score (nSPS) is 10.9. The van der Waals surface area contributed by atoms with Crippen LogP contribution in [0.25, 0.3) is 0 Å². The Morgan fingerprint density at radius 2 is 1.58 bits per heavy atom. The monoisotopic (exact) mass is 465 g/mol. The molecule has 0 unspecified atom stereocenters. The number of hydrogen-bond donors (Lipinski definition) is 3. The van der Waals surface area contributed by atoms with Crippen molar-refractivity contribution >= 4 is 33.2 Å². The molecule has 0 heterocycles. The first-order valence-corrected chi connectivity index (χ1v) is 12.2. The van der Waals surface area contributed by atoms with Gasteiger partial charge in [-0.3, -0.25) is 14.3 Å². The average Bonchev–Trinajstić information content (AvgIpc) is 2.82. The van der Waals surface area contributed by atoms with Crippen molar-refractivity contribution in [2.24, 2.45) is 0 Å². The second kappa shape index (κ2) is 11.3. The van der Waals surface area contributed by atoms with Gasteiger partial charge in [0.05, 0.1) is 11.4 Å². The van der Waals surface area contributed by atoms with Gasteiger partial charge < -0.3 is 10.6 Å². The van der Waals surface area contributed by atoms with Crippen LogP contribution in [0.1, 0.15) is 35.7 Å². The molecule has 0 saturated carbocycles. The van der Waals surface area contributed by atoms with E-state index in [9.17, 15) is 18.0 Å². The molecule has 2 amide bonds. The zero-order valence-corrected chi connectivity index (χ0v) is 19.2. The lowest BCUT2D eigenvalue weighted by atomic mass is 10.1. The standard InChI is InChI=1S/C25H27N3O4S/c1-2-3-8-19-13-15-22(16-14-19)28-33(31,32)23-12-7-9-20(17-23)25(30)26-18-24(29)27-21-10-5-4-6-11-21/h4-7,9-17,28H,2-3,8,18H2,1H3,(H,26,30)(H,27,29). The van der Waals surface area contributed by atoms with E-state index in [1.807, 2.05) is 18.2 Å². The van der Waals surface area contributed by atoms with Crippen LogP contribution in [0.5, 0.6) is 0 Å². The second-order valence-corrected chi connectivity index (χ2v) is 9.21. The van der Waals surface area contributed by atoms with Gasteiger partial charge in [0.25, 0.3) is 15.9 Å². The average molecular weight is 466 g/mol. The molecule has 0 spiro atoms. The molecule has 0 radical (unpaired) electrons. The van der Waals surface area contributed by atoms with Gasteiger partial charge in [-0.15, -0.1) is 0 Å². The van der Waals surface area contributed by atoms with Gasteiger partial charge in [0.2, 0.25) is 5.91 Å². The number of hydrogen-bond acceptors (Lipinski definition) is 4. The molecule has 3 aromatic rings. The van der Waals surface area contributed by atoms with Gasteiger partial charge in [0, 0.05) is 16.9 Å². The number of nitrogens with one attached hydrogen (secondary N) is 3. The fourth-order valence-corrected chi connectivity index (χ4v) is 4.23. The van der Waals surface area contributed by atoms with Gasteiger partial charge in [-0.05, 0) is 60.9 Å². The number of rotatable bonds is 10. The van der Waals surface area contributed by atoms with Crippen molar-refractivity contribution in [3.63, 3.8) is 0 Å². The number of aryl methyl sites for hydroxylation is 1. The van der Waals surface area contributed by atoms with Gasteiger partial charge in [-0.25, -0.2) is 8.42 Å². The summed E-state index contributed by atoms with van der Waals surface area (Å²) in [4.78, 5) is 24.4. The summed E-state index contributed by atoms with van der Waals surface area (Å²) in [6.07, 6.45) is 3.12. The molecular formula is C25H27N3O4S.